The number of halogens is 6. The smallest absolute Gasteiger partial charge is 0.372 e. The van der Waals surface area contributed by atoms with E-state index in [0.717, 1.165) is 4.90 Å². The molecule has 0 radical (unpaired) electrons. The van der Waals surface area contributed by atoms with Gasteiger partial charge in [-0.15, -0.1) is 11.6 Å². The van der Waals surface area contributed by atoms with Crippen LogP contribution in [0.3, 0.4) is 0 Å². The number of carbonyl (C=O) groups is 1. The van der Waals surface area contributed by atoms with E-state index in [4.69, 9.17) is 11.6 Å². The van der Waals surface area contributed by atoms with E-state index in [1.807, 2.05) is 0 Å². The Kier molecular flexibility index (Phi) is 8.17. The zero-order valence-electron chi connectivity index (χ0n) is 9.35. The molecule has 0 spiro atoms. The normalized spacial score (nSPS) is 11.9. The van der Waals surface area contributed by atoms with Crippen molar-refractivity contribution in [1.82, 2.24) is 4.90 Å². The van der Waals surface area contributed by atoms with Gasteiger partial charge in [0, 0.05) is 12.4 Å². The monoisotopic (exact) mass is 297 g/mol. The molecule has 0 unspecified atom stereocenters. The lowest BCUT2D eigenvalue weighted by atomic mass is 10.3. The Morgan fingerprint density at radius 2 is 1.94 bits per heavy atom. The van der Waals surface area contributed by atoms with Crippen LogP contribution in [0.5, 0.6) is 0 Å². The summed E-state index contributed by atoms with van der Waals surface area (Å²) >= 11 is 5.33. The first-order chi connectivity index (χ1) is 8.26. The van der Waals surface area contributed by atoms with Crippen molar-refractivity contribution in [2.45, 2.75) is 19.0 Å². The van der Waals surface area contributed by atoms with Gasteiger partial charge in [0.15, 0.2) is 0 Å². The number of amides is 1. The second-order valence-corrected chi connectivity index (χ2v) is 3.72. The van der Waals surface area contributed by atoms with Gasteiger partial charge >= 0.3 is 6.18 Å². The van der Waals surface area contributed by atoms with E-state index in [0.29, 0.717) is 0 Å². The summed E-state index contributed by atoms with van der Waals surface area (Å²) in [4.78, 5) is 12.2. The minimum atomic E-state index is -4.47. The molecule has 0 atom stereocenters. The van der Waals surface area contributed by atoms with Crippen LogP contribution in [0.25, 0.3) is 0 Å². The molecule has 0 aromatic carbocycles. The zero-order valence-corrected chi connectivity index (χ0v) is 10.1. The van der Waals surface area contributed by atoms with Crippen molar-refractivity contribution in [1.29, 1.82) is 0 Å². The summed E-state index contributed by atoms with van der Waals surface area (Å²) in [5.41, 5.74) is 0. The second-order valence-electron chi connectivity index (χ2n) is 3.34. The lowest BCUT2D eigenvalue weighted by Gasteiger charge is -2.21. The Morgan fingerprint density at radius 3 is 2.39 bits per heavy atom. The summed E-state index contributed by atoms with van der Waals surface area (Å²) in [6, 6.07) is 0. The Morgan fingerprint density at radius 1 is 1.33 bits per heavy atom. The number of alkyl halides is 6. The van der Waals surface area contributed by atoms with Crippen LogP contribution in [-0.4, -0.2) is 55.6 Å². The lowest BCUT2D eigenvalue weighted by Crippen LogP contribution is -2.37. The van der Waals surface area contributed by atoms with Gasteiger partial charge in [0.05, 0.1) is 19.6 Å². The van der Waals surface area contributed by atoms with Crippen molar-refractivity contribution in [3.63, 3.8) is 0 Å². The van der Waals surface area contributed by atoms with Gasteiger partial charge in [-0.25, -0.2) is 8.78 Å². The Balaban J connectivity index is 3.95. The molecule has 9 heteroatoms. The van der Waals surface area contributed by atoms with Gasteiger partial charge in [0.25, 0.3) is 6.43 Å². The number of hydrogen-bond acceptors (Lipinski definition) is 2. The minimum absolute atomic E-state index is 0.0259. The molecule has 0 aromatic rings. The molecule has 108 valence electrons. The molecule has 0 bridgehead atoms. The van der Waals surface area contributed by atoms with Crippen LogP contribution >= 0.6 is 11.6 Å². The van der Waals surface area contributed by atoms with Crippen LogP contribution in [0.15, 0.2) is 0 Å². The molecule has 0 aliphatic carbocycles. The molecule has 0 rings (SSSR count). The highest BCUT2D eigenvalue weighted by Gasteiger charge is 2.27. The van der Waals surface area contributed by atoms with E-state index in [1.54, 1.807) is 0 Å². The number of rotatable bonds is 8. The molecule has 0 saturated heterocycles. The fourth-order valence-electron chi connectivity index (χ4n) is 1.09. The molecular formula is C9H13ClF5NO2. The molecule has 1 amide bonds. The Labute approximate surface area is 106 Å². The first-order valence-electron chi connectivity index (χ1n) is 5.02. The second kappa shape index (κ2) is 8.47. The summed E-state index contributed by atoms with van der Waals surface area (Å²) in [6.45, 7) is -2.81. The molecule has 0 aliphatic rings. The van der Waals surface area contributed by atoms with Gasteiger partial charge in [-0.3, -0.25) is 4.79 Å². The number of carbonyl (C=O) groups excluding carboxylic acids is 1. The third-order valence-electron chi connectivity index (χ3n) is 1.79. The van der Waals surface area contributed by atoms with Crippen molar-refractivity contribution in [2.75, 3.05) is 32.2 Å². The fraction of sp³-hybridized carbons (Fsp3) is 0.889. The predicted molar refractivity (Wildman–Crippen MR) is 54.8 cm³/mol. The zero-order chi connectivity index (χ0) is 14.2. The molecule has 0 heterocycles. The van der Waals surface area contributed by atoms with Crippen LogP contribution in [0.1, 0.15) is 6.42 Å². The highest BCUT2D eigenvalue weighted by molar-refractivity contribution is 6.18. The summed E-state index contributed by atoms with van der Waals surface area (Å²) in [5, 5.41) is 0. The molecule has 0 aromatic heterocycles. The van der Waals surface area contributed by atoms with Crippen LogP contribution < -0.4 is 0 Å². The van der Waals surface area contributed by atoms with Crippen molar-refractivity contribution in [3.05, 3.63) is 0 Å². The lowest BCUT2D eigenvalue weighted by molar-refractivity contribution is -0.175. The summed E-state index contributed by atoms with van der Waals surface area (Å²) in [6.07, 6.45) is -7.57. The van der Waals surface area contributed by atoms with Gasteiger partial charge in [0.2, 0.25) is 5.91 Å². The molecule has 0 saturated carbocycles. The van der Waals surface area contributed by atoms with Crippen LogP contribution in [0, 0.1) is 0 Å². The maximum Gasteiger partial charge on any atom is 0.411 e. The Hall–Kier alpha value is -0.630. The molecule has 0 fully saturated rings. The van der Waals surface area contributed by atoms with Gasteiger partial charge in [-0.1, -0.05) is 0 Å². The Bertz CT molecular complexity index is 250. The van der Waals surface area contributed by atoms with Gasteiger partial charge in [-0.2, -0.15) is 13.2 Å². The van der Waals surface area contributed by atoms with Crippen molar-refractivity contribution in [2.24, 2.45) is 0 Å². The molecule has 0 N–H and O–H groups in total. The first kappa shape index (κ1) is 17.4. The van der Waals surface area contributed by atoms with E-state index < -0.39 is 38.3 Å². The first-order valence-corrected chi connectivity index (χ1v) is 5.56. The summed E-state index contributed by atoms with van der Waals surface area (Å²) < 4.78 is 63.5. The third-order valence-corrected chi connectivity index (χ3v) is 1.96. The van der Waals surface area contributed by atoms with E-state index in [9.17, 15) is 26.7 Å². The largest absolute Gasteiger partial charge is 0.411 e. The van der Waals surface area contributed by atoms with Gasteiger partial charge in [-0.05, 0) is 0 Å². The van der Waals surface area contributed by atoms with Crippen LogP contribution in [0.2, 0.25) is 0 Å². The molecule has 0 aliphatic heterocycles. The number of ether oxygens (including phenoxy) is 1. The van der Waals surface area contributed by atoms with Gasteiger partial charge < -0.3 is 9.64 Å². The van der Waals surface area contributed by atoms with Crippen molar-refractivity contribution in [3.8, 4) is 0 Å². The molecular weight excluding hydrogens is 285 g/mol. The third kappa shape index (κ3) is 9.41. The SMILES string of the molecule is O=C(CCOCC(F)(F)F)N(CCCl)CC(F)F. The number of nitrogens with zero attached hydrogens (tertiary/aromatic N) is 1. The predicted octanol–water partition coefficient (Wildman–Crippen LogP) is 2.29. The van der Waals surface area contributed by atoms with Crippen LogP contribution in [-0.2, 0) is 9.53 Å². The quantitative estimate of drug-likeness (QED) is 0.391. The van der Waals surface area contributed by atoms with E-state index in [-0.39, 0.29) is 18.8 Å². The average Bonchev–Trinajstić information content (AvgIpc) is 2.21. The fourth-order valence-corrected chi connectivity index (χ4v) is 1.30. The highest BCUT2D eigenvalue weighted by Crippen LogP contribution is 2.14. The van der Waals surface area contributed by atoms with Gasteiger partial charge in [0.1, 0.15) is 6.61 Å². The number of hydrogen-bond donors (Lipinski definition) is 0. The maximum atomic E-state index is 12.1. The van der Waals surface area contributed by atoms with Crippen molar-refractivity contribution < 1.29 is 31.5 Å². The van der Waals surface area contributed by atoms with E-state index >= 15 is 0 Å². The van der Waals surface area contributed by atoms with E-state index in [2.05, 4.69) is 4.74 Å². The molecule has 18 heavy (non-hydrogen) atoms. The summed E-state index contributed by atoms with van der Waals surface area (Å²) in [5.74, 6) is -0.736. The standard InChI is InChI=1S/C9H13ClF5NO2/c10-2-3-16(5-7(11)12)8(17)1-4-18-6-9(13,14)15/h7H,1-6H2. The topological polar surface area (TPSA) is 29.5 Å². The average molecular weight is 298 g/mol. The minimum Gasteiger partial charge on any atom is -0.372 e. The molecule has 3 nitrogen and oxygen atoms in total. The van der Waals surface area contributed by atoms with Crippen molar-refractivity contribution >= 4 is 17.5 Å². The maximum absolute atomic E-state index is 12.1. The summed E-state index contributed by atoms with van der Waals surface area (Å²) in [7, 11) is 0. The van der Waals surface area contributed by atoms with E-state index in [1.165, 1.54) is 0 Å². The highest BCUT2D eigenvalue weighted by atomic mass is 35.5. The van der Waals surface area contributed by atoms with Crippen LogP contribution in [0.4, 0.5) is 22.0 Å².